The highest BCUT2D eigenvalue weighted by molar-refractivity contribution is 7.15. The van der Waals surface area contributed by atoms with Gasteiger partial charge in [0.05, 0.1) is 12.3 Å². The second kappa shape index (κ2) is 7.42. The Kier molecular flexibility index (Phi) is 5.08. The quantitative estimate of drug-likeness (QED) is 0.842. The molecular formula is C18H20N2O2S. The van der Waals surface area contributed by atoms with Gasteiger partial charge in [0, 0.05) is 11.0 Å². The van der Waals surface area contributed by atoms with Crippen LogP contribution in [0.1, 0.15) is 35.9 Å². The number of nitrogens with zero attached hydrogens (tertiary/aromatic N) is 1. The van der Waals surface area contributed by atoms with Crippen LogP contribution in [0.15, 0.2) is 30.3 Å². The molecule has 0 fully saturated rings. The maximum atomic E-state index is 12.0. The summed E-state index contributed by atoms with van der Waals surface area (Å²) in [6, 6.07) is 7.65. The summed E-state index contributed by atoms with van der Waals surface area (Å²) in [6.45, 7) is 2.60. The highest BCUT2D eigenvalue weighted by Gasteiger charge is 2.15. The smallest absolute Gasteiger partial charge is 0.250 e. The molecule has 23 heavy (non-hydrogen) atoms. The second-order valence-electron chi connectivity index (χ2n) is 5.42. The van der Waals surface area contributed by atoms with Gasteiger partial charge in [0.15, 0.2) is 5.13 Å². The first-order chi connectivity index (χ1) is 11.2. The fourth-order valence-corrected chi connectivity index (χ4v) is 3.62. The molecule has 0 aliphatic heterocycles. The molecule has 1 aromatic heterocycles. The standard InChI is InChI=1S/C18H20N2O2S/c1-2-22-14-10-7-13(8-11-14)9-12-17(21)20-18-19-15-5-3-4-6-16(15)23-18/h7-12H,2-6H2,1H3,(H,19,20,21)/b12-9+. The molecule has 5 heteroatoms. The molecule has 0 atom stereocenters. The Hall–Kier alpha value is -2.14. The maximum absolute atomic E-state index is 12.0. The van der Waals surface area contributed by atoms with E-state index in [1.807, 2.05) is 31.2 Å². The van der Waals surface area contributed by atoms with Gasteiger partial charge in [0.25, 0.3) is 0 Å². The molecule has 0 saturated carbocycles. The van der Waals surface area contributed by atoms with Crippen LogP contribution in [0, 0.1) is 0 Å². The Morgan fingerprint density at radius 1 is 1.30 bits per heavy atom. The van der Waals surface area contributed by atoms with Crippen LogP contribution in [-0.4, -0.2) is 17.5 Å². The van der Waals surface area contributed by atoms with E-state index in [1.165, 1.54) is 23.8 Å². The van der Waals surface area contributed by atoms with E-state index in [1.54, 1.807) is 17.4 Å². The molecule has 1 aromatic carbocycles. The minimum absolute atomic E-state index is 0.148. The fourth-order valence-electron chi connectivity index (χ4n) is 2.57. The van der Waals surface area contributed by atoms with Crippen molar-refractivity contribution in [2.24, 2.45) is 0 Å². The molecule has 0 spiro atoms. The Bertz CT molecular complexity index is 681. The number of hydrogen-bond acceptors (Lipinski definition) is 4. The van der Waals surface area contributed by atoms with Crippen molar-refractivity contribution in [2.45, 2.75) is 32.6 Å². The topological polar surface area (TPSA) is 51.2 Å². The van der Waals surface area contributed by atoms with E-state index < -0.39 is 0 Å². The molecule has 0 saturated heterocycles. The third-order valence-electron chi connectivity index (χ3n) is 3.69. The number of anilines is 1. The van der Waals surface area contributed by atoms with Gasteiger partial charge in [0.2, 0.25) is 5.91 Å². The van der Waals surface area contributed by atoms with Gasteiger partial charge in [0.1, 0.15) is 5.75 Å². The third-order valence-corrected chi connectivity index (χ3v) is 4.77. The van der Waals surface area contributed by atoms with Crippen molar-refractivity contribution < 1.29 is 9.53 Å². The number of benzene rings is 1. The van der Waals surface area contributed by atoms with Crippen molar-refractivity contribution in [2.75, 3.05) is 11.9 Å². The first kappa shape index (κ1) is 15.7. The molecule has 2 aromatic rings. The zero-order valence-electron chi connectivity index (χ0n) is 13.2. The van der Waals surface area contributed by atoms with Crippen LogP contribution in [0.3, 0.4) is 0 Å². The predicted molar refractivity (Wildman–Crippen MR) is 94.0 cm³/mol. The van der Waals surface area contributed by atoms with Crippen LogP contribution in [0.2, 0.25) is 0 Å². The molecule has 1 amide bonds. The Morgan fingerprint density at radius 3 is 2.83 bits per heavy atom. The van der Waals surface area contributed by atoms with Crippen molar-refractivity contribution >= 4 is 28.5 Å². The lowest BCUT2D eigenvalue weighted by Gasteiger charge is -2.06. The highest BCUT2D eigenvalue weighted by atomic mass is 32.1. The molecule has 0 radical (unpaired) electrons. The summed E-state index contributed by atoms with van der Waals surface area (Å²) in [5, 5.41) is 3.56. The lowest BCUT2D eigenvalue weighted by Crippen LogP contribution is -2.07. The fraction of sp³-hybridized carbons (Fsp3) is 0.333. The molecule has 1 heterocycles. The molecule has 120 valence electrons. The van der Waals surface area contributed by atoms with Crippen molar-refractivity contribution in [3.63, 3.8) is 0 Å². The molecule has 1 aliphatic carbocycles. The summed E-state index contributed by atoms with van der Waals surface area (Å²) in [6.07, 6.45) is 7.87. The molecule has 0 bridgehead atoms. The summed E-state index contributed by atoms with van der Waals surface area (Å²) in [5.74, 6) is 0.687. The van der Waals surface area contributed by atoms with E-state index in [0.29, 0.717) is 11.7 Å². The lowest BCUT2D eigenvalue weighted by atomic mass is 10.0. The number of hydrogen-bond donors (Lipinski definition) is 1. The number of carbonyl (C=O) groups excluding carboxylic acids is 1. The summed E-state index contributed by atoms with van der Waals surface area (Å²) >= 11 is 1.60. The van der Waals surface area contributed by atoms with Crippen LogP contribution in [0.5, 0.6) is 5.75 Å². The van der Waals surface area contributed by atoms with E-state index in [-0.39, 0.29) is 5.91 Å². The van der Waals surface area contributed by atoms with Crippen molar-refractivity contribution in [3.05, 3.63) is 46.5 Å². The van der Waals surface area contributed by atoms with Crippen molar-refractivity contribution in [3.8, 4) is 5.75 Å². The number of aryl methyl sites for hydroxylation is 2. The van der Waals surface area contributed by atoms with E-state index in [2.05, 4.69) is 10.3 Å². The summed E-state index contributed by atoms with van der Waals surface area (Å²) in [5.41, 5.74) is 2.12. The summed E-state index contributed by atoms with van der Waals surface area (Å²) < 4.78 is 5.40. The van der Waals surface area contributed by atoms with Gasteiger partial charge in [-0.15, -0.1) is 11.3 Å². The van der Waals surface area contributed by atoms with Crippen LogP contribution >= 0.6 is 11.3 Å². The Balaban J connectivity index is 1.59. The van der Waals surface area contributed by atoms with Crippen LogP contribution in [-0.2, 0) is 17.6 Å². The molecular weight excluding hydrogens is 308 g/mol. The van der Waals surface area contributed by atoms with Crippen LogP contribution in [0.4, 0.5) is 5.13 Å². The number of ether oxygens (including phenoxy) is 1. The molecule has 1 aliphatic rings. The van der Waals surface area contributed by atoms with E-state index >= 15 is 0 Å². The SMILES string of the molecule is CCOc1ccc(/C=C/C(=O)Nc2nc3c(s2)CCCC3)cc1. The second-order valence-corrected chi connectivity index (χ2v) is 6.50. The van der Waals surface area contributed by atoms with Crippen LogP contribution in [0.25, 0.3) is 6.08 Å². The average Bonchev–Trinajstić information content (AvgIpc) is 2.96. The number of thiazole rings is 1. The third kappa shape index (κ3) is 4.20. The summed E-state index contributed by atoms with van der Waals surface area (Å²) in [4.78, 5) is 17.8. The number of amides is 1. The first-order valence-corrected chi connectivity index (χ1v) is 8.77. The highest BCUT2D eigenvalue weighted by Crippen LogP contribution is 2.29. The zero-order chi connectivity index (χ0) is 16.1. The lowest BCUT2D eigenvalue weighted by molar-refractivity contribution is -0.111. The van der Waals surface area contributed by atoms with Gasteiger partial charge in [-0.1, -0.05) is 12.1 Å². The van der Waals surface area contributed by atoms with Crippen molar-refractivity contribution in [1.82, 2.24) is 4.98 Å². The van der Waals surface area contributed by atoms with Gasteiger partial charge in [-0.25, -0.2) is 4.98 Å². The number of fused-ring (bicyclic) bond motifs is 1. The largest absolute Gasteiger partial charge is 0.494 e. The van der Waals surface area contributed by atoms with Crippen LogP contribution < -0.4 is 10.1 Å². The van der Waals surface area contributed by atoms with E-state index in [9.17, 15) is 4.79 Å². The average molecular weight is 328 g/mol. The van der Waals surface area contributed by atoms with Crippen molar-refractivity contribution in [1.29, 1.82) is 0 Å². The molecule has 3 rings (SSSR count). The van der Waals surface area contributed by atoms with Gasteiger partial charge < -0.3 is 4.74 Å². The summed E-state index contributed by atoms with van der Waals surface area (Å²) in [7, 11) is 0. The maximum Gasteiger partial charge on any atom is 0.250 e. The Morgan fingerprint density at radius 2 is 2.09 bits per heavy atom. The van der Waals surface area contributed by atoms with E-state index in [0.717, 1.165) is 29.8 Å². The monoisotopic (exact) mass is 328 g/mol. The van der Waals surface area contributed by atoms with Gasteiger partial charge in [-0.2, -0.15) is 0 Å². The minimum Gasteiger partial charge on any atom is -0.494 e. The van der Waals surface area contributed by atoms with Gasteiger partial charge >= 0.3 is 0 Å². The molecule has 0 unspecified atom stereocenters. The minimum atomic E-state index is -0.148. The molecule has 4 nitrogen and oxygen atoms in total. The first-order valence-electron chi connectivity index (χ1n) is 7.95. The predicted octanol–water partition coefficient (Wildman–Crippen LogP) is 4.07. The molecule has 1 N–H and O–H groups in total. The number of aromatic nitrogens is 1. The zero-order valence-corrected chi connectivity index (χ0v) is 14.0. The number of rotatable bonds is 5. The number of carbonyl (C=O) groups is 1. The number of nitrogens with one attached hydrogen (secondary N) is 1. The normalized spacial score (nSPS) is 13.8. The van der Waals surface area contributed by atoms with Gasteiger partial charge in [-0.3, -0.25) is 10.1 Å². The van der Waals surface area contributed by atoms with E-state index in [4.69, 9.17) is 4.74 Å². The Labute approximate surface area is 140 Å². The van der Waals surface area contributed by atoms with Gasteiger partial charge in [-0.05, 0) is 56.4 Å².